The summed E-state index contributed by atoms with van der Waals surface area (Å²) in [5.41, 5.74) is 2.72. The number of carbonyl (C=O) groups is 1. The van der Waals surface area contributed by atoms with Crippen LogP contribution in [0, 0.1) is 6.92 Å². The average molecular weight is 427 g/mol. The van der Waals surface area contributed by atoms with Crippen LogP contribution < -0.4 is 4.90 Å². The minimum Gasteiger partial charge on any atom is -0.284 e. The molecule has 2 aromatic carbocycles. The number of hydrogen-bond acceptors (Lipinski definition) is 5. The van der Waals surface area contributed by atoms with Gasteiger partial charge in [-0.25, -0.2) is 13.4 Å². The van der Waals surface area contributed by atoms with Crippen molar-refractivity contribution in [3.63, 3.8) is 0 Å². The molecule has 0 aliphatic heterocycles. The smallest absolute Gasteiger partial charge is 0.230 e. The fraction of sp³-hybridized carbons (Fsp3) is 0.182. The van der Waals surface area contributed by atoms with Crippen molar-refractivity contribution in [2.24, 2.45) is 0 Å². The lowest BCUT2D eigenvalue weighted by atomic mass is 10.2. The molecule has 3 rings (SSSR count). The molecular weight excluding hydrogens is 404 g/mol. The molecule has 7 heteroatoms. The molecule has 0 saturated heterocycles. The minimum absolute atomic E-state index is 0.121. The fourth-order valence-electron chi connectivity index (χ4n) is 2.77. The number of amides is 1. The molecule has 0 spiro atoms. The molecule has 0 atom stereocenters. The van der Waals surface area contributed by atoms with Gasteiger partial charge in [-0.05, 0) is 19.1 Å². The molecule has 1 aromatic heterocycles. The van der Waals surface area contributed by atoms with Crippen molar-refractivity contribution in [2.45, 2.75) is 18.2 Å². The Bertz CT molecular complexity index is 1090. The first-order chi connectivity index (χ1) is 13.9. The van der Waals surface area contributed by atoms with Gasteiger partial charge in [-0.1, -0.05) is 54.1 Å². The van der Waals surface area contributed by atoms with Gasteiger partial charge in [0.1, 0.15) is 0 Å². The molecule has 0 bridgehead atoms. The Morgan fingerprint density at radius 1 is 1.14 bits per heavy atom. The van der Waals surface area contributed by atoms with E-state index < -0.39 is 9.84 Å². The summed E-state index contributed by atoms with van der Waals surface area (Å²) >= 11 is 1.35. The first kappa shape index (κ1) is 21.0. The van der Waals surface area contributed by atoms with Gasteiger partial charge in [0.05, 0.1) is 16.3 Å². The first-order valence-corrected chi connectivity index (χ1v) is 11.7. The minimum atomic E-state index is -3.53. The topological polar surface area (TPSA) is 67.3 Å². The van der Waals surface area contributed by atoms with Crippen molar-refractivity contribution in [1.82, 2.24) is 4.98 Å². The third-order valence-electron chi connectivity index (χ3n) is 4.37. The Labute approximate surface area is 175 Å². The highest BCUT2D eigenvalue weighted by atomic mass is 32.2. The van der Waals surface area contributed by atoms with Crippen LogP contribution in [0.3, 0.4) is 0 Å². The third-order valence-corrected chi connectivity index (χ3v) is 6.97. The number of benzene rings is 2. The van der Waals surface area contributed by atoms with Crippen molar-refractivity contribution in [3.05, 3.63) is 78.2 Å². The Morgan fingerprint density at radius 2 is 1.83 bits per heavy atom. The van der Waals surface area contributed by atoms with Crippen molar-refractivity contribution < 1.29 is 13.2 Å². The van der Waals surface area contributed by atoms with Gasteiger partial charge in [-0.3, -0.25) is 9.69 Å². The molecule has 150 valence electrons. The number of thiazole rings is 1. The largest absolute Gasteiger partial charge is 0.284 e. The molecule has 0 fully saturated rings. The summed E-state index contributed by atoms with van der Waals surface area (Å²) in [6.45, 7) is 5.87. The van der Waals surface area contributed by atoms with Gasteiger partial charge >= 0.3 is 0 Å². The molecule has 5 nitrogen and oxygen atoms in total. The molecular formula is C22H22N2O3S2. The second-order valence-corrected chi connectivity index (χ2v) is 9.50. The summed E-state index contributed by atoms with van der Waals surface area (Å²) in [7, 11) is -3.53. The van der Waals surface area contributed by atoms with E-state index in [1.165, 1.54) is 16.2 Å². The molecule has 1 heterocycles. The van der Waals surface area contributed by atoms with Gasteiger partial charge in [0.2, 0.25) is 5.91 Å². The molecule has 0 radical (unpaired) electrons. The van der Waals surface area contributed by atoms with E-state index in [-0.39, 0.29) is 29.5 Å². The second-order valence-electron chi connectivity index (χ2n) is 6.56. The molecule has 0 N–H and O–H groups in total. The van der Waals surface area contributed by atoms with E-state index >= 15 is 0 Å². The van der Waals surface area contributed by atoms with E-state index in [2.05, 4.69) is 11.6 Å². The normalized spacial score (nSPS) is 11.2. The number of aryl methyl sites for hydroxylation is 1. The van der Waals surface area contributed by atoms with Gasteiger partial charge in [0, 0.05) is 23.9 Å². The predicted molar refractivity (Wildman–Crippen MR) is 118 cm³/mol. The zero-order valence-corrected chi connectivity index (χ0v) is 17.7. The number of sulfone groups is 1. The number of hydrogen-bond donors (Lipinski definition) is 0. The van der Waals surface area contributed by atoms with Crippen LogP contribution in [0.15, 0.2) is 77.5 Å². The van der Waals surface area contributed by atoms with Crippen molar-refractivity contribution in [2.75, 3.05) is 17.2 Å². The van der Waals surface area contributed by atoms with Gasteiger partial charge in [-0.15, -0.1) is 17.9 Å². The van der Waals surface area contributed by atoms with Crippen LogP contribution in [-0.2, 0) is 14.6 Å². The van der Waals surface area contributed by atoms with Gasteiger partial charge in [-0.2, -0.15) is 0 Å². The van der Waals surface area contributed by atoms with Gasteiger partial charge in [0.25, 0.3) is 0 Å². The van der Waals surface area contributed by atoms with Crippen LogP contribution in [0.5, 0.6) is 0 Å². The highest BCUT2D eigenvalue weighted by Crippen LogP contribution is 2.28. The zero-order chi connectivity index (χ0) is 20.9. The first-order valence-electron chi connectivity index (χ1n) is 9.12. The average Bonchev–Trinajstić information content (AvgIpc) is 3.21. The Hall–Kier alpha value is -2.77. The lowest BCUT2D eigenvalue weighted by molar-refractivity contribution is -0.118. The SMILES string of the molecule is C=CCN(C(=O)CCS(=O)(=O)c1ccc(C)cc1)c1nc(-c2ccccc2)cs1. The number of anilines is 1. The zero-order valence-electron chi connectivity index (χ0n) is 16.1. The summed E-state index contributed by atoms with van der Waals surface area (Å²) in [6, 6.07) is 16.3. The number of carbonyl (C=O) groups excluding carboxylic acids is 1. The van der Waals surface area contributed by atoms with Crippen LogP contribution >= 0.6 is 11.3 Å². The summed E-state index contributed by atoms with van der Waals surface area (Å²) in [5, 5.41) is 2.42. The molecule has 0 saturated carbocycles. The summed E-state index contributed by atoms with van der Waals surface area (Å²) in [5.74, 6) is -0.547. The third kappa shape index (κ3) is 5.19. The lowest BCUT2D eigenvalue weighted by Gasteiger charge is -2.18. The quantitative estimate of drug-likeness (QED) is 0.497. The summed E-state index contributed by atoms with van der Waals surface area (Å²) in [6.07, 6.45) is 1.49. The molecule has 0 aliphatic rings. The molecule has 29 heavy (non-hydrogen) atoms. The van der Waals surface area contributed by atoms with Crippen molar-refractivity contribution in [1.29, 1.82) is 0 Å². The Morgan fingerprint density at radius 3 is 2.48 bits per heavy atom. The highest BCUT2D eigenvalue weighted by molar-refractivity contribution is 7.91. The van der Waals surface area contributed by atoms with Crippen molar-refractivity contribution in [3.8, 4) is 11.3 Å². The number of aromatic nitrogens is 1. The highest BCUT2D eigenvalue weighted by Gasteiger charge is 2.22. The maximum Gasteiger partial charge on any atom is 0.230 e. The van der Waals surface area contributed by atoms with Gasteiger partial charge < -0.3 is 0 Å². The summed E-state index contributed by atoms with van der Waals surface area (Å²) in [4.78, 5) is 19.1. The van der Waals surface area contributed by atoms with E-state index in [1.807, 2.05) is 42.6 Å². The number of nitrogens with zero attached hydrogens (tertiary/aromatic N) is 2. The Balaban J connectivity index is 1.74. The van der Waals surface area contributed by atoms with Crippen molar-refractivity contribution >= 4 is 32.2 Å². The maximum atomic E-state index is 12.8. The van der Waals surface area contributed by atoms with Crippen LogP contribution in [0.1, 0.15) is 12.0 Å². The van der Waals surface area contributed by atoms with Crippen LogP contribution in [0.4, 0.5) is 5.13 Å². The predicted octanol–water partition coefficient (Wildman–Crippen LogP) is 4.50. The fourth-order valence-corrected chi connectivity index (χ4v) is 4.86. The monoisotopic (exact) mass is 426 g/mol. The van der Waals surface area contributed by atoms with E-state index in [1.54, 1.807) is 30.3 Å². The van der Waals surface area contributed by atoms with E-state index in [0.717, 1.165) is 16.8 Å². The Kier molecular flexibility index (Phi) is 6.61. The number of rotatable bonds is 8. The van der Waals surface area contributed by atoms with Crippen LogP contribution in [0.25, 0.3) is 11.3 Å². The second kappa shape index (κ2) is 9.15. The molecule has 1 amide bonds. The molecule has 3 aromatic rings. The van der Waals surface area contributed by atoms with E-state index in [4.69, 9.17) is 0 Å². The van der Waals surface area contributed by atoms with E-state index in [0.29, 0.717) is 5.13 Å². The van der Waals surface area contributed by atoms with Gasteiger partial charge in [0.15, 0.2) is 15.0 Å². The van der Waals surface area contributed by atoms with Crippen LogP contribution in [-0.4, -0.2) is 31.6 Å². The summed E-state index contributed by atoms with van der Waals surface area (Å²) < 4.78 is 25.1. The van der Waals surface area contributed by atoms with E-state index in [9.17, 15) is 13.2 Å². The van der Waals surface area contributed by atoms with Crippen LogP contribution in [0.2, 0.25) is 0 Å². The maximum absolute atomic E-state index is 12.8. The molecule has 0 aliphatic carbocycles. The lowest BCUT2D eigenvalue weighted by Crippen LogP contribution is -2.32. The molecule has 0 unspecified atom stereocenters. The standard InChI is InChI=1S/C22H22N2O3S2/c1-3-14-24(22-23-20(16-28-22)18-7-5-4-6-8-18)21(25)13-15-29(26,27)19-11-9-17(2)10-12-19/h3-12,16H,1,13-15H2,2H3.